The van der Waals surface area contributed by atoms with Gasteiger partial charge in [0.25, 0.3) is 11.8 Å². The summed E-state index contributed by atoms with van der Waals surface area (Å²) in [6, 6.07) is 0. The monoisotopic (exact) mass is 445 g/mol. The van der Waals surface area contributed by atoms with Crippen molar-refractivity contribution in [1.29, 1.82) is 0 Å². The molecule has 2 fully saturated rings. The van der Waals surface area contributed by atoms with Gasteiger partial charge in [0.2, 0.25) is 6.29 Å². The van der Waals surface area contributed by atoms with Crippen LogP contribution in [0.3, 0.4) is 0 Å². The molecule has 0 aromatic heterocycles. The van der Waals surface area contributed by atoms with Gasteiger partial charge in [-0.2, -0.15) is 5.06 Å². The number of imide groups is 1. The number of carbonyl (C=O) groups excluding carboxylic acids is 6. The molecular weight excluding hydrogens is 422 g/mol. The van der Waals surface area contributed by atoms with Gasteiger partial charge in [0.05, 0.1) is 0 Å². The second-order valence-corrected chi connectivity index (χ2v) is 6.75. The Morgan fingerprint density at radius 2 is 1.29 bits per heavy atom. The molecule has 0 aromatic rings. The number of amides is 2. The number of hydrogen-bond donors (Lipinski definition) is 0. The number of rotatable bonds is 7. The third-order valence-corrected chi connectivity index (χ3v) is 4.16. The molecule has 2 rings (SSSR count). The van der Waals surface area contributed by atoms with E-state index in [4.69, 9.17) is 28.5 Å². The number of nitrogens with zero attached hydrogens (tertiary/aromatic N) is 1. The van der Waals surface area contributed by atoms with E-state index in [1.54, 1.807) is 0 Å². The zero-order valence-electron chi connectivity index (χ0n) is 17.4. The van der Waals surface area contributed by atoms with Crippen LogP contribution >= 0.6 is 0 Å². The highest BCUT2D eigenvalue weighted by Crippen LogP contribution is 2.31. The normalized spacial score (nSPS) is 28.1. The minimum Gasteiger partial charge on any atom is -0.463 e. The number of hydroxylamine groups is 2. The van der Waals surface area contributed by atoms with E-state index in [-0.39, 0.29) is 12.8 Å². The number of hydrogen-bond acceptors (Lipinski definition) is 12. The highest BCUT2D eigenvalue weighted by Gasteiger charge is 2.54. The maximum absolute atomic E-state index is 11.9. The molecule has 0 saturated carbocycles. The molecule has 0 radical (unpaired) electrons. The quantitative estimate of drug-likeness (QED) is 0.271. The van der Waals surface area contributed by atoms with Gasteiger partial charge in [-0.05, 0) is 0 Å². The molecule has 0 spiro atoms. The summed E-state index contributed by atoms with van der Waals surface area (Å²) in [6.07, 6.45) is -7.42. The first kappa shape index (κ1) is 24.2. The van der Waals surface area contributed by atoms with Crippen molar-refractivity contribution >= 4 is 35.7 Å². The Balaban J connectivity index is 2.42. The molecule has 5 atom stereocenters. The van der Waals surface area contributed by atoms with Gasteiger partial charge >= 0.3 is 23.9 Å². The predicted molar refractivity (Wildman–Crippen MR) is 94.1 cm³/mol. The Hall–Kier alpha value is -3.06. The van der Waals surface area contributed by atoms with Crippen LogP contribution < -0.4 is 0 Å². The van der Waals surface area contributed by atoms with E-state index >= 15 is 0 Å². The first-order chi connectivity index (χ1) is 14.5. The minimum absolute atomic E-state index is 0.0931. The topological polar surface area (TPSA) is 161 Å². The average Bonchev–Trinajstić information content (AvgIpc) is 2.95. The summed E-state index contributed by atoms with van der Waals surface area (Å²) < 4.78 is 26.1. The van der Waals surface area contributed by atoms with Gasteiger partial charge in [-0.25, -0.2) is 4.84 Å². The van der Waals surface area contributed by atoms with E-state index in [2.05, 4.69) is 0 Å². The van der Waals surface area contributed by atoms with Gasteiger partial charge in [-0.15, -0.1) is 0 Å². The first-order valence-corrected chi connectivity index (χ1v) is 9.32. The third kappa shape index (κ3) is 6.46. The van der Waals surface area contributed by atoms with Crippen LogP contribution in [0.1, 0.15) is 40.5 Å². The maximum Gasteiger partial charge on any atom is 0.303 e. The zero-order chi connectivity index (χ0) is 23.3. The summed E-state index contributed by atoms with van der Waals surface area (Å²) in [6.45, 7) is 3.87. The van der Waals surface area contributed by atoms with Crippen LogP contribution in [0.4, 0.5) is 0 Å². The fraction of sp³-hybridized carbons (Fsp3) is 0.667. The Kier molecular flexibility index (Phi) is 8.05. The highest BCUT2D eigenvalue weighted by molar-refractivity contribution is 6.00. The molecule has 2 aliphatic rings. The van der Waals surface area contributed by atoms with E-state index in [0.29, 0.717) is 5.06 Å². The first-order valence-electron chi connectivity index (χ1n) is 9.32. The lowest BCUT2D eigenvalue weighted by Gasteiger charge is -2.44. The molecule has 31 heavy (non-hydrogen) atoms. The molecule has 2 amide bonds. The maximum atomic E-state index is 11.9. The fourth-order valence-electron chi connectivity index (χ4n) is 3.05. The molecule has 0 aromatic carbocycles. The van der Waals surface area contributed by atoms with Crippen molar-refractivity contribution in [3.63, 3.8) is 0 Å². The molecule has 0 N–H and O–H groups in total. The van der Waals surface area contributed by atoms with Crippen molar-refractivity contribution in [1.82, 2.24) is 5.06 Å². The summed E-state index contributed by atoms with van der Waals surface area (Å²) in [7, 11) is 0. The van der Waals surface area contributed by atoms with Crippen molar-refractivity contribution in [2.75, 3.05) is 6.61 Å². The van der Waals surface area contributed by atoms with E-state index in [1.807, 2.05) is 0 Å². The third-order valence-electron chi connectivity index (χ3n) is 4.16. The van der Waals surface area contributed by atoms with Crippen molar-refractivity contribution in [3.8, 4) is 0 Å². The standard InChI is InChI=1S/C18H23NO12/c1-8(20)26-7-12-15(27-9(2)21)16(28-10(3)22)17(29-11(4)23)18(30-12)31-19-13(24)5-6-14(19)25/h12,15-18H,5-7H2,1-4H3/t12-,15-,16+,17-,18+/m1/s1. The molecule has 2 heterocycles. The lowest BCUT2D eigenvalue weighted by molar-refractivity contribution is -0.346. The van der Waals surface area contributed by atoms with Crippen molar-refractivity contribution in [3.05, 3.63) is 0 Å². The summed E-state index contributed by atoms with van der Waals surface area (Å²) in [5, 5.41) is 0.459. The van der Waals surface area contributed by atoms with Crippen LogP contribution in [0.25, 0.3) is 0 Å². The summed E-state index contributed by atoms with van der Waals surface area (Å²) in [5.41, 5.74) is 0. The van der Waals surface area contributed by atoms with Crippen LogP contribution in [-0.4, -0.2) is 78.1 Å². The Bertz CT molecular complexity index is 749. The molecule has 2 aliphatic heterocycles. The van der Waals surface area contributed by atoms with Gasteiger partial charge in [0.1, 0.15) is 12.7 Å². The number of carbonyl (C=O) groups is 6. The van der Waals surface area contributed by atoms with Crippen LogP contribution in [-0.2, 0) is 57.3 Å². The second-order valence-electron chi connectivity index (χ2n) is 6.75. The van der Waals surface area contributed by atoms with Crippen molar-refractivity contribution in [2.45, 2.75) is 71.2 Å². The largest absolute Gasteiger partial charge is 0.463 e. The van der Waals surface area contributed by atoms with Gasteiger partial charge in [-0.3, -0.25) is 28.8 Å². The van der Waals surface area contributed by atoms with E-state index in [1.165, 1.54) is 0 Å². The van der Waals surface area contributed by atoms with Gasteiger partial charge < -0.3 is 23.7 Å². The summed E-state index contributed by atoms with van der Waals surface area (Å²) >= 11 is 0. The van der Waals surface area contributed by atoms with Gasteiger partial charge in [0, 0.05) is 40.5 Å². The van der Waals surface area contributed by atoms with Gasteiger partial charge in [-0.1, -0.05) is 0 Å². The van der Waals surface area contributed by atoms with Crippen LogP contribution in [0.15, 0.2) is 0 Å². The Morgan fingerprint density at radius 1 is 0.806 bits per heavy atom. The van der Waals surface area contributed by atoms with Crippen LogP contribution in [0.2, 0.25) is 0 Å². The number of ether oxygens (including phenoxy) is 5. The lowest BCUT2D eigenvalue weighted by atomic mass is 9.98. The molecule has 2 saturated heterocycles. The molecular formula is C18H23NO12. The molecule has 172 valence electrons. The van der Waals surface area contributed by atoms with E-state index < -0.39 is 73.0 Å². The average molecular weight is 445 g/mol. The lowest BCUT2D eigenvalue weighted by Crippen LogP contribution is -2.63. The molecule has 0 bridgehead atoms. The summed E-state index contributed by atoms with van der Waals surface area (Å²) in [5.74, 6) is -4.43. The Labute approximate surface area is 176 Å². The van der Waals surface area contributed by atoms with Crippen LogP contribution in [0, 0.1) is 0 Å². The Morgan fingerprint density at radius 3 is 1.77 bits per heavy atom. The number of esters is 4. The van der Waals surface area contributed by atoms with Gasteiger partial charge in [0.15, 0.2) is 18.3 Å². The van der Waals surface area contributed by atoms with Crippen molar-refractivity contribution in [2.24, 2.45) is 0 Å². The molecule has 0 unspecified atom stereocenters. The van der Waals surface area contributed by atoms with Crippen LogP contribution in [0.5, 0.6) is 0 Å². The van der Waals surface area contributed by atoms with E-state index in [9.17, 15) is 28.8 Å². The molecule has 0 aliphatic carbocycles. The van der Waals surface area contributed by atoms with E-state index in [0.717, 1.165) is 27.7 Å². The van der Waals surface area contributed by atoms with Crippen molar-refractivity contribution < 1.29 is 57.3 Å². The fourth-order valence-corrected chi connectivity index (χ4v) is 3.05. The second kappa shape index (κ2) is 10.3. The predicted octanol–water partition coefficient (Wildman–Crippen LogP) is -0.850. The molecule has 13 heteroatoms. The highest BCUT2D eigenvalue weighted by atomic mass is 16.8. The smallest absolute Gasteiger partial charge is 0.303 e. The minimum atomic E-state index is -1.63. The zero-order valence-corrected chi connectivity index (χ0v) is 17.4. The SMILES string of the molecule is CC(=O)OC[C@H]1O[C@@H](ON2C(=O)CCC2=O)[C@H](OC(C)=O)[C@@H](OC(C)=O)[C@@H]1OC(C)=O. The summed E-state index contributed by atoms with van der Waals surface area (Å²) in [4.78, 5) is 75.5. The molecule has 13 nitrogen and oxygen atoms in total.